The topological polar surface area (TPSA) is 35.6 Å². The molecular formula is C14H27N3O. The monoisotopic (exact) mass is 253 g/mol. The van der Waals surface area contributed by atoms with E-state index < -0.39 is 0 Å². The summed E-state index contributed by atoms with van der Waals surface area (Å²) in [5.74, 6) is 1.04. The van der Waals surface area contributed by atoms with Gasteiger partial charge in [-0.3, -0.25) is 9.69 Å². The van der Waals surface area contributed by atoms with Crippen LogP contribution in [0.25, 0.3) is 0 Å². The van der Waals surface area contributed by atoms with Crippen LogP contribution in [0.4, 0.5) is 0 Å². The van der Waals surface area contributed by atoms with Crippen molar-refractivity contribution in [3.8, 4) is 0 Å². The van der Waals surface area contributed by atoms with E-state index in [4.69, 9.17) is 0 Å². The summed E-state index contributed by atoms with van der Waals surface area (Å²) < 4.78 is 0. The molecule has 2 rings (SSSR count). The fourth-order valence-electron chi connectivity index (χ4n) is 3.29. The van der Waals surface area contributed by atoms with Crippen LogP contribution in [0.3, 0.4) is 0 Å². The highest BCUT2D eigenvalue weighted by Gasteiger charge is 2.31. The molecule has 0 aromatic heterocycles. The molecule has 0 saturated carbocycles. The minimum atomic E-state index is 0.246. The standard InChI is InChI=1S/C14H27N3O/c1-16(2)14(18)11-17-10-4-3-5-13(17)12-6-8-15-9-7-12/h12-13,15H,3-11H2,1-2H3. The number of carbonyl (C=O) groups excluding carboxylic acids is 1. The Kier molecular flexibility index (Phi) is 5.01. The highest BCUT2D eigenvalue weighted by Crippen LogP contribution is 2.28. The Labute approximate surface area is 111 Å². The molecule has 1 N–H and O–H groups in total. The van der Waals surface area contributed by atoms with E-state index in [0.29, 0.717) is 12.6 Å². The van der Waals surface area contributed by atoms with Crippen molar-refractivity contribution in [1.29, 1.82) is 0 Å². The third kappa shape index (κ3) is 3.45. The summed E-state index contributed by atoms with van der Waals surface area (Å²) in [7, 11) is 3.71. The SMILES string of the molecule is CN(C)C(=O)CN1CCCCC1C1CCNCC1. The molecule has 2 fully saturated rings. The van der Waals surface area contributed by atoms with Crippen LogP contribution in [0, 0.1) is 5.92 Å². The molecular weight excluding hydrogens is 226 g/mol. The van der Waals surface area contributed by atoms with Crippen molar-refractivity contribution in [1.82, 2.24) is 15.1 Å². The molecule has 0 aromatic carbocycles. The maximum atomic E-state index is 11.9. The Morgan fingerprint density at radius 3 is 2.61 bits per heavy atom. The van der Waals surface area contributed by atoms with Crippen LogP contribution in [-0.4, -0.2) is 62.0 Å². The summed E-state index contributed by atoms with van der Waals surface area (Å²) in [5.41, 5.74) is 0. The van der Waals surface area contributed by atoms with Crippen LogP contribution in [0.1, 0.15) is 32.1 Å². The number of likely N-dealkylation sites (tertiary alicyclic amines) is 1. The summed E-state index contributed by atoms with van der Waals surface area (Å²) in [4.78, 5) is 16.1. The number of likely N-dealkylation sites (N-methyl/N-ethyl adjacent to an activating group) is 1. The van der Waals surface area contributed by atoms with Crippen LogP contribution < -0.4 is 5.32 Å². The van der Waals surface area contributed by atoms with Crippen molar-refractivity contribution in [3.63, 3.8) is 0 Å². The molecule has 2 aliphatic heterocycles. The van der Waals surface area contributed by atoms with Crippen LogP contribution >= 0.6 is 0 Å². The molecule has 4 nitrogen and oxygen atoms in total. The molecule has 1 amide bonds. The Morgan fingerprint density at radius 1 is 1.22 bits per heavy atom. The number of piperidine rings is 2. The van der Waals surface area contributed by atoms with Crippen LogP contribution in [0.5, 0.6) is 0 Å². The van der Waals surface area contributed by atoms with Gasteiger partial charge in [0.2, 0.25) is 5.91 Å². The first kappa shape index (κ1) is 13.8. The molecule has 2 heterocycles. The van der Waals surface area contributed by atoms with E-state index in [2.05, 4.69) is 10.2 Å². The molecule has 1 unspecified atom stereocenters. The summed E-state index contributed by atoms with van der Waals surface area (Å²) in [6.07, 6.45) is 6.42. The van der Waals surface area contributed by atoms with Gasteiger partial charge in [0, 0.05) is 20.1 Å². The smallest absolute Gasteiger partial charge is 0.236 e. The predicted molar refractivity (Wildman–Crippen MR) is 73.5 cm³/mol. The van der Waals surface area contributed by atoms with E-state index in [1.807, 2.05) is 14.1 Å². The lowest BCUT2D eigenvalue weighted by Crippen LogP contribution is -2.50. The Bertz CT molecular complexity index is 274. The van der Waals surface area contributed by atoms with E-state index >= 15 is 0 Å². The van der Waals surface area contributed by atoms with Gasteiger partial charge in [0.15, 0.2) is 0 Å². The number of hydrogen-bond acceptors (Lipinski definition) is 3. The lowest BCUT2D eigenvalue weighted by atomic mass is 9.84. The average molecular weight is 253 g/mol. The van der Waals surface area contributed by atoms with Gasteiger partial charge in [-0.2, -0.15) is 0 Å². The van der Waals surface area contributed by atoms with Crippen LogP contribution in [0.2, 0.25) is 0 Å². The molecule has 18 heavy (non-hydrogen) atoms. The molecule has 0 radical (unpaired) electrons. The summed E-state index contributed by atoms with van der Waals surface area (Å²) in [6.45, 7) is 4.02. The third-order valence-electron chi connectivity index (χ3n) is 4.43. The molecule has 104 valence electrons. The summed E-state index contributed by atoms with van der Waals surface area (Å²) in [6, 6.07) is 0.643. The first-order valence-corrected chi connectivity index (χ1v) is 7.33. The second kappa shape index (κ2) is 6.53. The Morgan fingerprint density at radius 2 is 1.94 bits per heavy atom. The Balaban J connectivity index is 1.94. The van der Waals surface area contributed by atoms with Gasteiger partial charge in [-0.1, -0.05) is 6.42 Å². The molecule has 0 spiro atoms. The van der Waals surface area contributed by atoms with E-state index in [1.165, 1.54) is 32.1 Å². The first-order valence-electron chi connectivity index (χ1n) is 7.33. The van der Waals surface area contributed by atoms with Crippen LogP contribution in [0.15, 0.2) is 0 Å². The minimum absolute atomic E-state index is 0.246. The number of amides is 1. The number of nitrogens with one attached hydrogen (secondary N) is 1. The van der Waals surface area contributed by atoms with Crippen LogP contribution in [-0.2, 0) is 4.79 Å². The highest BCUT2D eigenvalue weighted by atomic mass is 16.2. The molecule has 0 aliphatic carbocycles. The summed E-state index contributed by atoms with van der Waals surface area (Å²) >= 11 is 0. The average Bonchev–Trinajstić information content (AvgIpc) is 2.40. The van der Waals surface area contributed by atoms with Gasteiger partial charge in [0.1, 0.15) is 0 Å². The Hall–Kier alpha value is -0.610. The second-order valence-corrected chi connectivity index (χ2v) is 5.91. The lowest BCUT2D eigenvalue weighted by Gasteiger charge is -2.42. The van der Waals surface area contributed by atoms with E-state index in [9.17, 15) is 4.79 Å². The van der Waals surface area contributed by atoms with Gasteiger partial charge < -0.3 is 10.2 Å². The molecule has 2 saturated heterocycles. The number of hydrogen-bond donors (Lipinski definition) is 1. The predicted octanol–water partition coefficient (Wildman–Crippen LogP) is 0.929. The van der Waals surface area contributed by atoms with Gasteiger partial charge >= 0.3 is 0 Å². The van der Waals surface area contributed by atoms with E-state index in [-0.39, 0.29) is 5.91 Å². The highest BCUT2D eigenvalue weighted by molar-refractivity contribution is 5.77. The number of nitrogens with zero attached hydrogens (tertiary/aromatic N) is 2. The minimum Gasteiger partial charge on any atom is -0.348 e. The largest absolute Gasteiger partial charge is 0.348 e. The van der Waals surface area contributed by atoms with Crippen molar-refractivity contribution in [2.75, 3.05) is 40.3 Å². The van der Waals surface area contributed by atoms with Gasteiger partial charge in [0.25, 0.3) is 0 Å². The number of carbonyl (C=O) groups is 1. The van der Waals surface area contributed by atoms with E-state index in [0.717, 1.165) is 25.6 Å². The molecule has 0 aromatic rings. The van der Waals surface area contributed by atoms with Crippen molar-refractivity contribution >= 4 is 5.91 Å². The van der Waals surface area contributed by atoms with Crippen molar-refractivity contribution in [3.05, 3.63) is 0 Å². The number of rotatable bonds is 3. The second-order valence-electron chi connectivity index (χ2n) is 5.91. The maximum absolute atomic E-state index is 11.9. The molecule has 4 heteroatoms. The summed E-state index contributed by atoms with van der Waals surface area (Å²) in [5, 5.41) is 3.43. The maximum Gasteiger partial charge on any atom is 0.236 e. The quantitative estimate of drug-likeness (QED) is 0.813. The van der Waals surface area contributed by atoms with Gasteiger partial charge in [-0.25, -0.2) is 0 Å². The van der Waals surface area contributed by atoms with Crippen molar-refractivity contribution < 1.29 is 4.79 Å². The zero-order chi connectivity index (χ0) is 13.0. The van der Waals surface area contributed by atoms with E-state index in [1.54, 1.807) is 4.90 Å². The van der Waals surface area contributed by atoms with Gasteiger partial charge in [-0.05, 0) is 51.2 Å². The molecule has 2 aliphatic rings. The first-order chi connectivity index (χ1) is 8.68. The fraction of sp³-hybridized carbons (Fsp3) is 0.929. The molecule has 0 bridgehead atoms. The van der Waals surface area contributed by atoms with Crippen molar-refractivity contribution in [2.24, 2.45) is 5.92 Å². The zero-order valence-corrected chi connectivity index (χ0v) is 11.8. The fourth-order valence-corrected chi connectivity index (χ4v) is 3.29. The molecule has 1 atom stereocenters. The van der Waals surface area contributed by atoms with Crippen molar-refractivity contribution in [2.45, 2.75) is 38.1 Å². The normalized spacial score (nSPS) is 27.1. The lowest BCUT2D eigenvalue weighted by molar-refractivity contribution is -0.131. The zero-order valence-electron chi connectivity index (χ0n) is 11.8. The third-order valence-corrected chi connectivity index (χ3v) is 4.43. The van der Waals surface area contributed by atoms with Gasteiger partial charge in [0.05, 0.1) is 6.54 Å². The van der Waals surface area contributed by atoms with Gasteiger partial charge in [-0.15, -0.1) is 0 Å².